The summed E-state index contributed by atoms with van der Waals surface area (Å²) in [4.78, 5) is 0. The maximum absolute atomic E-state index is 3.49. The van der Waals surface area contributed by atoms with Crippen LogP contribution in [-0.4, -0.2) is 6.54 Å². The Balaban J connectivity index is 2.41. The van der Waals surface area contributed by atoms with Crippen LogP contribution in [0.25, 0.3) is 0 Å². The van der Waals surface area contributed by atoms with Crippen LogP contribution in [0.1, 0.15) is 36.6 Å². The van der Waals surface area contributed by atoms with Gasteiger partial charge in [0.1, 0.15) is 0 Å². The fraction of sp³-hybridized carbons (Fsp3) is 0.500. The standard InChI is InChI=1S/C12H17N/c1-3-10-4-5-11-6-7-13-9(2)12(11)8-10/h4-5,8-9,13H,3,6-7H2,1-2H3/t9-/m0/s1. The molecule has 0 fully saturated rings. The molecule has 1 N–H and O–H groups in total. The van der Waals surface area contributed by atoms with Crippen LogP contribution in [0.3, 0.4) is 0 Å². The third kappa shape index (κ3) is 1.61. The first-order valence-corrected chi connectivity index (χ1v) is 5.16. The number of hydrogen-bond donors (Lipinski definition) is 1. The minimum absolute atomic E-state index is 0.537. The first-order chi connectivity index (χ1) is 6.31. The first-order valence-electron chi connectivity index (χ1n) is 5.16. The number of rotatable bonds is 1. The molecule has 0 saturated carbocycles. The Kier molecular flexibility index (Phi) is 2.36. The lowest BCUT2D eigenvalue weighted by Crippen LogP contribution is -2.27. The molecule has 1 atom stereocenters. The van der Waals surface area contributed by atoms with E-state index in [1.807, 2.05) is 0 Å². The molecule has 0 amide bonds. The zero-order valence-corrected chi connectivity index (χ0v) is 8.43. The highest BCUT2D eigenvalue weighted by molar-refractivity contribution is 5.36. The molecule has 1 aromatic rings. The van der Waals surface area contributed by atoms with E-state index in [2.05, 4.69) is 37.4 Å². The predicted octanol–water partition coefficient (Wildman–Crippen LogP) is 2.46. The van der Waals surface area contributed by atoms with E-state index in [4.69, 9.17) is 0 Å². The second-order valence-corrected chi connectivity index (χ2v) is 3.81. The van der Waals surface area contributed by atoms with E-state index in [0.717, 1.165) is 13.0 Å². The maximum atomic E-state index is 3.49. The molecule has 0 unspecified atom stereocenters. The Labute approximate surface area is 80.2 Å². The van der Waals surface area contributed by atoms with E-state index in [9.17, 15) is 0 Å². The lowest BCUT2D eigenvalue weighted by Gasteiger charge is -2.24. The van der Waals surface area contributed by atoms with E-state index in [1.165, 1.54) is 23.1 Å². The van der Waals surface area contributed by atoms with Gasteiger partial charge in [-0.25, -0.2) is 0 Å². The first kappa shape index (κ1) is 8.76. The normalized spacial score (nSPS) is 21.2. The molecule has 0 saturated heterocycles. The average molecular weight is 175 g/mol. The molecule has 1 aliphatic rings. The lowest BCUT2D eigenvalue weighted by atomic mass is 9.93. The Morgan fingerprint density at radius 1 is 1.46 bits per heavy atom. The van der Waals surface area contributed by atoms with Crippen LogP contribution < -0.4 is 5.32 Å². The molecule has 0 radical (unpaired) electrons. The van der Waals surface area contributed by atoms with Crippen LogP contribution in [-0.2, 0) is 12.8 Å². The van der Waals surface area contributed by atoms with Crippen molar-refractivity contribution in [3.63, 3.8) is 0 Å². The molecule has 1 nitrogen and oxygen atoms in total. The highest BCUT2D eigenvalue weighted by Crippen LogP contribution is 2.23. The Bertz CT molecular complexity index is 304. The van der Waals surface area contributed by atoms with E-state index < -0.39 is 0 Å². The summed E-state index contributed by atoms with van der Waals surface area (Å²) in [5, 5.41) is 3.49. The smallest absolute Gasteiger partial charge is 0.0294 e. The summed E-state index contributed by atoms with van der Waals surface area (Å²) in [6, 6.07) is 7.45. The number of hydrogen-bond acceptors (Lipinski definition) is 1. The van der Waals surface area contributed by atoms with Crippen LogP contribution in [0, 0.1) is 0 Å². The zero-order chi connectivity index (χ0) is 9.26. The summed E-state index contributed by atoms with van der Waals surface area (Å²) in [7, 11) is 0. The molecule has 1 aromatic carbocycles. The molecular formula is C12H17N. The highest BCUT2D eigenvalue weighted by Gasteiger charge is 2.14. The molecule has 0 bridgehead atoms. The fourth-order valence-electron chi connectivity index (χ4n) is 2.03. The topological polar surface area (TPSA) is 12.0 Å². The summed E-state index contributed by atoms with van der Waals surface area (Å²) >= 11 is 0. The fourth-order valence-corrected chi connectivity index (χ4v) is 2.03. The van der Waals surface area contributed by atoms with E-state index in [1.54, 1.807) is 0 Å². The van der Waals surface area contributed by atoms with Gasteiger partial charge in [-0.15, -0.1) is 0 Å². The molecule has 13 heavy (non-hydrogen) atoms. The summed E-state index contributed by atoms with van der Waals surface area (Å²) in [5.74, 6) is 0. The molecule has 1 aliphatic heterocycles. The van der Waals surface area contributed by atoms with Crippen molar-refractivity contribution in [2.24, 2.45) is 0 Å². The van der Waals surface area contributed by atoms with Crippen molar-refractivity contribution >= 4 is 0 Å². The number of fused-ring (bicyclic) bond motifs is 1. The minimum atomic E-state index is 0.537. The predicted molar refractivity (Wildman–Crippen MR) is 55.9 cm³/mol. The molecule has 0 aromatic heterocycles. The van der Waals surface area contributed by atoms with Gasteiger partial charge < -0.3 is 5.32 Å². The van der Waals surface area contributed by atoms with Gasteiger partial charge in [-0.1, -0.05) is 25.1 Å². The monoisotopic (exact) mass is 175 g/mol. The van der Waals surface area contributed by atoms with Crippen molar-refractivity contribution in [3.8, 4) is 0 Å². The van der Waals surface area contributed by atoms with Gasteiger partial charge in [-0.05, 0) is 43.0 Å². The third-order valence-electron chi connectivity index (χ3n) is 2.93. The molecule has 1 heteroatoms. The highest BCUT2D eigenvalue weighted by atomic mass is 14.9. The Morgan fingerprint density at radius 3 is 3.08 bits per heavy atom. The molecule has 70 valence electrons. The van der Waals surface area contributed by atoms with Crippen LogP contribution in [0.15, 0.2) is 18.2 Å². The van der Waals surface area contributed by atoms with Crippen molar-refractivity contribution in [2.45, 2.75) is 32.7 Å². The number of benzene rings is 1. The number of nitrogens with one attached hydrogen (secondary N) is 1. The zero-order valence-electron chi connectivity index (χ0n) is 8.43. The van der Waals surface area contributed by atoms with Crippen LogP contribution >= 0.6 is 0 Å². The average Bonchev–Trinajstić information content (AvgIpc) is 2.18. The molecule has 1 heterocycles. The molecule has 2 rings (SSSR count). The van der Waals surface area contributed by atoms with E-state index in [0.29, 0.717) is 6.04 Å². The van der Waals surface area contributed by atoms with Gasteiger partial charge in [0.25, 0.3) is 0 Å². The molecular weight excluding hydrogens is 158 g/mol. The van der Waals surface area contributed by atoms with E-state index in [-0.39, 0.29) is 0 Å². The second-order valence-electron chi connectivity index (χ2n) is 3.81. The van der Waals surface area contributed by atoms with Gasteiger partial charge in [0, 0.05) is 6.04 Å². The summed E-state index contributed by atoms with van der Waals surface area (Å²) in [6.07, 6.45) is 2.32. The van der Waals surface area contributed by atoms with Crippen molar-refractivity contribution < 1.29 is 0 Å². The maximum Gasteiger partial charge on any atom is 0.0294 e. The summed E-state index contributed by atoms with van der Waals surface area (Å²) in [5.41, 5.74) is 4.49. The van der Waals surface area contributed by atoms with Crippen LogP contribution in [0.4, 0.5) is 0 Å². The quantitative estimate of drug-likeness (QED) is 0.691. The Morgan fingerprint density at radius 2 is 2.31 bits per heavy atom. The van der Waals surface area contributed by atoms with Crippen LogP contribution in [0.5, 0.6) is 0 Å². The molecule has 0 aliphatic carbocycles. The van der Waals surface area contributed by atoms with Gasteiger partial charge >= 0.3 is 0 Å². The number of aryl methyl sites for hydroxylation is 1. The van der Waals surface area contributed by atoms with Crippen LogP contribution in [0.2, 0.25) is 0 Å². The lowest BCUT2D eigenvalue weighted by molar-refractivity contribution is 0.540. The summed E-state index contributed by atoms with van der Waals surface area (Å²) < 4.78 is 0. The largest absolute Gasteiger partial charge is 0.310 e. The van der Waals surface area contributed by atoms with Crippen molar-refractivity contribution in [3.05, 3.63) is 34.9 Å². The Hall–Kier alpha value is -0.820. The van der Waals surface area contributed by atoms with Crippen molar-refractivity contribution in [1.82, 2.24) is 5.32 Å². The van der Waals surface area contributed by atoms with Gasteiger partial charge in [0.05, 0.1) is 0 Å². The van der Waals surface area contributed by atoms with Gasteiger partial charge in [-0.2, -0.15) is 0 Å². The SMILES string of the molecule is CCc1ccc2c(c1)[C@H](C)NCC2. The van der Waals surface area contributed by atoms with Gasteiger partial charge in [0.15, 0.2) is 0 Å². The summed E-state index contributed by atoms with van der Waals surface area (Å²) in [6.45, 7) is 5.58. The third-order valence-corrected chi connectivity index (χ3v) is 2.93. The second kappa shape index (κ2) is 3.51. The van der Waals surface area contributed by atoms with Crippen molar-refractivity contribution in [2.75, 3.05) is 6.54 Å². The van der Waals surface area contributed by atoms with Crippen molar-refractivity contribution in [1.29, 1.82) is 0 Å². The molecule has 0 spiro atoms. The van der Waals surface area contributed by atoms with Gasteiger partial charge in [0.2, 0.25) is 0 Å². The minimum Gasteiger partial charge on any atom is -0.310 e. The van der Waals surface area contributed by atoms with Gasteiger partial charge in [-0.3, -0.25) is 0 Å². The van der Waals surface area contributed by atoms with E-state index >= 15 is 0 Å².